The maximum absolute atomic E-state index is 11.4. The molecule has 0 bridgehead atoms. The van der Waals surface area contributed by atoms with E-state index in [1.807, 2.05) is 6.92 Å². The molecular weight excluding hydrogens is 226 g/mol. The summed E-state index contributed by atoms with van der Waals surface area (Å²) in [5.41, 5.74) is 5.44. The molecule has 0 aromatic heterocycles. The summed E-state index contributed by atoms with van der Waals surface area (Å²) in [5, 5.41) is 3.19. The Kier molecular flexibility index (Phi) is 5.01. The fourth-order valence-corrected chi connectivity index (χ4v) is 3.60. The number of primary amides is 1. The van der Waals surface area contributed by atoms with Crippen molar-refractivity contribution in [1.29, 1.82) is 0 Å². The van der Waals surface area contributed by atoms with Crippen LogP contribution in [0.3, 0.4) is 0 Å². The van der Waals surface area contributed by atoms with E-state index >= 15 is 0 Å². The van der Waals surface area contributed by atoms with Crippen LogP contribution in [0.2, 0.25) is 0 Å². The molecule has 18 heavy (non-hydrogen) atoms. The number of nitrogens with zero attached hydrogens (tertiary/aromatic N) is 1. The van der Waals surface area contributed by atoms with Gasteiger partial charge in [0.15, 0.2) is 0 Å². The van der Waals surface area contributed by atoms with Crippen molar-refractivity contribution < 1.29 is 4.79 Å². The Balaban J connectivity index is 1.84. The molecule has 1 saturated carbocycles. The van der Waals surface area contributed by atoms with Gasteiger partial charge in [0.25, 0.3) is 0 Å². The minimum Gasteiger partial charge on any atom is -0.368 e. The summed E-state index contributed by atoms with van der Waals surface area (Å²) in [6.07, 6.45) is 6.92. The van der Waals surface area contributed by atoms with Crippen LogP contribution in [-0.2, 0) is 4.79 Å². The first kappa shape index (κ1) is 13.8. The molecule has 1 saturated heterocycles. The summed E-state index contributed by atoms with van der Waals surface area (Å²) in [5.74, 6) is 1.59. The maximum Gasteiger partial charge on any atom is 0.235 e. The summed E-state index contributed by atoms with van der Waals surface area (Å²) in [6.45, 7) is 5.90. The van der Waals surface area contributed by atoms with Gasteiger partial charge in [0.05, 0.1) is 6.04 Å². The number of piperidine rings is 1. The van der Waals surface area contributed by atoms with Crippen LogP contribution >= 0.6 is 0 Å². The first-order valence-corrected chi connectivity index (χ1v) is 7.45. The largest absolute Gasteiger partial charge is 0.368 e. The Morgan fingerprint density at radius 3 is 2.72 bits per heavy atom. The van der Waals surface area contributed by atoms with E-state index < -0.39 is 0 Å². The SMILES string of the molecule is CCNC(CN1CCC2CCCCC2C1)C(N)=O. The first-order valence-electron chi connectivity index (χ1n) is 7.45. The zero-order valence-corrected chi connectivity index (χ0v) is 11.5. The second-order valence-corrected chi connectivity index (χ2v) is 5.87. The molecule has 0 aromatic rings. The molecule has 104 valence electrons. The lowest BCUT2D eigenvalue weighted by molar-refractivity contribution is -0.120. The van der Waals surface area contributed by atoms with Gasteiger partial charge in [-0.2, -0.15) is 0 Å². The summed E-state index contributed by atoms with van der Waals surface area (Å²) < 4.78 is 0. The molecular formula is C14H27N3O. The highest BCUT2D eigenvalue weighted by molar-refractivity contribution is 5.80. The molecule has 0 spiro atoms. The van der Waals surface area contributed by atoms with E-state index in [1.54, 1.807) is 0 Å². The summed E-state index contributed by atoms with van der Waals surface area (Å²) in [7, 11) is 0. The molecule has 0 radical (unpaired) electrons. The number of hydrogen-bond acceptors (Lipinski definition) is 3. The number of amides is 1. The van der Waals surface area contributed by atoms with E-state index in [0.29, 0.717) is 0 Å². The van der Waals surface area contributed by atoms with Crippen molar-refractivity contribution in [1.82, 2.24) is 10.2 Å². The van der Waals surface area contributed by atoms with E-state index in [-0.39, 0.29) is 11.9 Å². The predicted molar refractivity (Wildman–Crippen MR) is 73.2 cm³/mol. The maximum atomic E-state index is 11.4. The number of likely N-dealkylation sites (tertiary alicyclic amines) is 1. The second-order valence-electron chi connectivity index (χ2n) is 5.87. The molecule has 1 heterocycles. The molecule has 4 heteroatoms. The molecule has 3 atom stereocenters. The van der Waals surface area contributed by atoms with E-state index in [2.05, 4.69) is 10.2 Å². The number of likely N-dealkylation sites (N-methyl/N-ethyl adjacent to an activating group) is 1. The van der Waals surface area contributed by atoms with Crippen LogP contribution < -0.4 is 11.1 Å². The molecule has 2 rings (SSSR count). The number of carbonyl (C=O) groups excluding carboxylic acids is 1. The Bertz CT molecular complexity index is 282. The third-order valence-electron chi connectivity index (χ3n) is 4.61. The van der Waals surface area contributed by atoms with Gasteiger partial charge in [0.2, 0.25) is 5.91 Å². The lowest BCUT2D eigenvalue weighted by atomic mass is 9.75. The highest BCUT2D eigenvalue weighted by Gasteiger charge is 2.32. The minimum atomic E-state index is -0.220. The molecule has 1 aliphatic heterocycles. The highest BCUT2D eigenvalue weighted by Crippen LogP contribution is 2.35. The van der Waals surface area contributed by atoms with Gasteiger partial charge in [-0.1, -0.05) is 26.2 Å². The number of rotatable bonds is 5. The topological polar surface area (TPSA) is 58.4 Å². The molecule has 4 nitrogen and oxygen atoms in total. The van der Waals surface area contributed by atoms with E-state index in [9.17, 15) is 4.79 Å². The van der Waals surface area contributed by atoms with Crippen LogP contribution in [0.5, 0.6) is 0 Å². The van der Waals surface area contributed by atoms with E-state index in [4.69, 9.17) is 5.73 Å². The van der Waals surface area contributed by atoms with Crippen molar-refractivity contribution in [2.45, 2.75) is 45.1 Å². The zero-order chi connectivity index (χ0) is 13.0. The van der Waals surface area contributed by atoms with Crippen molar-refractivity contribution >= 4 is 5.91 Å². The zero-order valence-electron chi connectivity index (χ0n) is 11.5. The van der Waals surface area contributed by atoms with Gasteiger partial charge >= 0.3 is 0 Å². The Morgan fingerprint density at radius 1 is 1.33 bits per heavy atom. The van der Waals surface area contributed by atoms with E-state index in [0.717, 1.165) is 31.5 Å². The fraction of sp³-hybridized carbons (Fsp3) is 0.929. The lowest BCUT2D eigenvalue weighted by Gasteiger charge is -2.42. The number of nitrogens with two attached hydrogens (primary N) is 1. The van der Waals surface area contributed by atoms with Crippen molar-refractivity contribution in [3.05, 3.63) is 0 Å². The van der Waals surface area contributed by atoms with Crippen molar-refractivity contribution in [3.63, 3.8) is 0 Å². The highest BCUT2D eigenvalue weighted by atomic mass is 16.1. The van der Waals surface area contributed by atoms with Gasteiger partial charge in [0.1, 0.15) is 0 Å². The van der Waals surface area contributed by atoms with Gasteiger partial charge in [-0.15, -0.1) is 0 Å². The molecule has 1 amide bonds. The van der Waals surface area contributed by atoms with Crippen LogP contribution in [-0.4, -0.2) is 43.0 Å². The van der Waals surface area contributed by atoms with Crippen LogP contribution in [0.4, 0.5) is 0 Å². The van der Waals surface area contributed by atoms with Gasteiger partial charge in [-0.25, -0.2) is 0 Å². The summed E-state index contributed by atoms with van der Waals surface area (Å²) in [4.78, 5) is 13.8. The van der Waals surface area contributed by atoms with E-state index in [1.165, 1.54) is 38.6 Å². The molecule has 2 aliphatic rings. The Hall–Kier alpha value is -0.610. The Morgan fingerprint density at radius 2 is 2.06 bits per heavy atom. The number of nitrogens with one attached hydrogen (secondary N) is 1. The van der Waals surface area contributed by atoms with Crippen LogP contribution in [0.15, 0.2) is 0 Å². The lowest BCUT2D eigenvalue weighted by Crippen LogP contribution is -2.52. The van der Waals surface area contributed by atoms with Gasteiger partial charge in [-0.05, 0) is 37.8 Å². The summed E-state index contributed by atoms with van der Waals surface area (Å²) >= 11 is 0. The predicted octanol–water partition coefficient (Wildman–Crippen LogP) is 0.962. The average Bonchev–Trinajstić information content (AvgIpc) is 2.38. The molecule has 0 aromatic carbocycles. The van der Waals surface area contributed by atoms with Gasteiger partial charge in [-0.3, -0.25) is 4.79 Å². The van der Waals surface area contributed by atoms with Crippen LogP contribution in [0, 0.1) is 11.8 Å². The van der Waals surface area contributed by atoms with Crippen molar-refractivity contribution in [2.24, 2.45) is 17.6 Å². The number of hydrogen-bond donors (Lipinski definition) is 2. The van der Waals surface area contributed by atoms with Crippen molar-refractivity contribution in [2.75, 3.05) is 26.2 Å². The smallest absolute Gasteiger partial charge is 0.235 e. The van der Waals surface area contributed by atoms with Gasteiger partial charge in [0, 0.05) is 13.1 Å². The third kappa shape index (κ3) is 3.45. The first-order chi connectivity index (χ1) is 8.70. The average molecular weight is 253 g/mol. The number of carbonyl (C=O) groups is 1. The quantitative estimate of drug-likeness (QED) is 0.767. The molecule has 3 unspecified atom stereocenters. The minimum absolute atomic E-state index is 0.185. The molecule has 2 fully saturated rings. The Labute approximate surface area is 110 Å². The van der Waals surface area contributed by atoms with Gasteiger partial charge < -0.3 is 16.0 Å². The monoisotopic (exact) mass is 253 g/mol. The number of fused-ring (bicyclic) bond motifs is 1. The molecule has 1 aliphatic carbocycles. The van der Waals surface area contributed by atoms with Crippen LogP contribution in [0.1, 0.15) is 39.0 Å². The summed E-state index contributed by atoms with van der Waals surface area (Å²) in [6, 6.07) is -0.185. The molecule has 3 N–H and O–H groups in total. The third-order valence-corrected chi connectivity index (χ3v) is 4.61. The normalized spacial score (nSPS) is 30.7. The second kappa shape index (κ2) is 6.53. The standard InChI is InChI=1S/C14H27N3O/c1-2-16-13(14(15)18)10-17-8-7-11-5-3-4-6-12(11)9-17/h11-13,16H,2-10H2,1H3,(H2,15,18). The fourth-order valence-electron chi connectivity index (χ4n) is 3.60. The van der Waals surface area contributed by atoms with Crippen molar-refractivity contribution in [3.8, 4) is 0 Å². The van der Waals surface area contributed by atoms with Crippen LogP contribution in [0.25, 0.3) is 0 Å².